The second kappa shape index (κ2) is 6.90. The number of methoxy groups -OCH3 is 1. The first-order valence-corrected chi connectivity index (χ1v) is 7.73. The lowest BCUT2D eigenvalue weighted by atomic mass is 9.77. The van der Waals surface area contributed by atoms with E-state index in [2.05, 4.69) is 11.4 Å². The van der Waals surface area contributed by atoms with E-state index < -0.39 is 17.7 Å². The molecule has 2 unspecified atom stereocenters. The third-order valence-corrected chi connectivity index (χ3v) is 4.24. The van der Waals surface area contributed by atoms with Gasteiger partial charge in [0.15, 0.2) is 0 Å². The Balaban J connectivity index is 2.18. The van der Waals surface area contributed by atoms with Crippen LogP contribution in [0.15, 0.2) is 60.2 Å². The lowest BCUT2D eigenvalue weighted by Crippen LogP contribution is -2.38. The van der Waals surface area contributed by atoms with Crippen LogP contribution in [-0.4, -0.2) is 13.0 Å². The minimum Gasteiger partial charge on any atom is -0.497 e. The van der Waals surface area contributed by atoms with Gasteiger partial charge in [0.05, 0.1) is 30.5 Å². The second-order valence-corrected chi connectivity index (χ2v) is 5.61. The first-order chi connectivity index (χ1) is 12.2. The summed E-state index contributed by atoms with van der Waals surface area (Å²) in [5, 5.41) is 22.0. The third kappa shape index (κ3) is 2.96. The molecule has 0 spiro atoms. The summed E-state index contributed by atoms with van der Waals surface area (Å²) in [6.07, 6.45) is 0. The summed E-state index contributed by atoms with van der Waals surface area (Å²) >= 11 is 0. The zero-order valence-corrected chi connectivity index (χ0v) is 13.6. The Morgan fingerprint density at radius 3 is 2.28 bits per heavy atom. The van der Waals surface area contributed by atoms with Crippen molar-refractivity contribution in [3.05, 3.63) is 71.3 Å². The van der Waals surface area contributed by atoms with Gasteiger partial charge in [-0.2, -0.15) is 10.5 Å². The molecule has 1 N–H and O–H groups in total. The molecule has 0 fully saturated rings. The molecule has 0 aliphatic carbocycles. The molecule has 3 rings (SSSR count). The van der Waals surface area contributed by atoms with Crippen LogP contribution in [0.2, 0.25) is 0 Å². The van der Waals surface area contributed by atoms with Crippen molar-refractivity contribution in [1.29, 1.82) is 10.5 Å². The molecule has 1 amide bonds. The Bertz CT molecular complexity index is 903. The number of allylic oxidation sites excluding steroid dienone is 1. The molecule has 1 aliphatic rings. The topological polar surface area (TPSA) is 85.9 Å². The number of carbonyl (C=O) groups is 1. The predicted molar refractivity (Wildman–Crippen MR) is 92.0 cm³/mol. The van der Waals surface area contributed by atoms with E-state index in [-0.39, 0.29) is 0 Å². The van der Waals surface area contributed by atoms with Crippen LogP contribution in [0.3, 0.4) is 0 Å². The summed E-state index contributed by atoms with van der Waals surface area (Å²) in [6, 6.07) is 20.5. The van der Waals surface area contributed by atoms with E-state index >= 15 is 0 Å². The minimum absolute atomic E-state index is 0.377. The Kier molecular flexibility index (Phi) is 4.50. The van der Waals surface area contributed by atoms with E-state index in [4.69, 9.17) is 4.74 Å². The van der Waals surface area contributed by atoms with Crippen molar-refractivity contribution in [3.8, 4) is 17.9 Å². The molecule has 2 aromatic rings. The fraction of sp³-hybridized carbons (Fsp3) is 0.150. The van der Waals surface area contributed by atoms with Crippen molar-refractivity contribution in [2.24, 2.45) is 5.92 Å². The molecule has 2 atom stereocenters. The summed E-state index contributed by atoms with van der Waals surface area (Å²) < 4.78 is 5.15. The van der Waals surface area contributed by atoms with Crippen LogP contribution in [0, 0.1) is 28.6 Å². The van der Waals surface area contributed by atoms with Crippen LogP contribution in [0.5, 0.6) is 5.75 Å². The number of nitriles is 2. The van der Waals surface area contributed by atoms with E-state index in [0.29, 0.717) is 17.0 Å². The molecule has 0 saturated carbocycles. The Hall–Kier alpha value is -3.57. The largest absolute Gasteiger partial charge is 0.497 e. The SMILES string of the molecule is COc1ccc(C2C(C#N)=C(c3ccccc3)NC(=O)C2C#N)cc1. The summed E-state index contributed by atoms with van der Waals surface area (Å²) in [5.41, 5.74) is 2.30. The lowest BCUT2D eigenvalue weighted by molar-refractivity contribution is -0.122. The maximum Gasteiger partial charge on any atom is 0.242 e. The number of benzene rings is 2. The fourth-order valence-corrected chi connectivity index (χ4v) is 3.00. The van der Waals surface area contributed by atoms with E-state index in [0.717, 1.165) is 11.1 Å². The van der Waals surface area contributed by atoms with Crippen LogP contribution in [0.1, 0.15) is 17.0 Å². The number of nitrogens with one attached hydrogen (secondary N) is 1. The van der Waals surface area contributed by atoms with E-state index in [9.17, 15) is 15.3 Å². The van der Waals surface area contributed by atoms with Gasteiger partial charge in [0.25, 0.3) is 0 Å². The van der Waals surface area contributed by atoms with Gasteiger partial charge in [-0.05, 0) is 23.3 Å². The molecule has 122 valence electrons. The molecular weight excluding hydrogens is 314 g/mol. The number of rotatable bonds is 3. The molecule has 5 nitrogen and oxygen atoms in total. The minimum atomic E-state index is -0.962. The predicted octanol–water partition coefficient (Wildman–Crippen LogP) is 2.98. The Morgan fingerprint density at radius 2 is 1.72 bits per heavy atom. The van der Waals surface area contributed by atoms with E-state index in [1.807, 2.05) is 36.4 Å². The average Bonchev–Trinajstić information content (AvgIpc) is 2.68. The van der Waals surface area contributed by atoms with Crippen molar-refractivity contribution >= 4 is 11.6 Å². The van der Waals surface area contributed by atoms with Gasteiger partial charge in [-0.25, -0.2) is 0 Å². The molecule has 25 heavy (non-hydrogen) atoms. The molecule has 2 aromatic carbocycles. The summed E-state index contributed by atoms with van der Waals surface area (Å²) in [6.45, 7) is 0. The molecule has 1 aliphatic heterocycles. The van der Waals surface area contributed by atoms with Crippen LogP contribution in [-0.2, 0) is 4.79 Å². The van der Waals surface area contributed by atoms with Crippen molar-refractivity contribution in [2.45, 2.75) is 5.92 Å². The van der Waals surface area contributed by atoms with Gasteiger partial charge in [0.1, 0.15) is 11.7 Å². The smallest absolute Gasteiger partial charge is 0.242 e. The number of carbonyl (C=O) groups excluding carboxylic acids is 1. The summed E-state index contributed by atoms with van der Waals surface area (Å²) in [5.74, 6) is -1.31. The molecule has 1 heterocycles. The molecule has 0 saturated heterocycles. The number of hydrogen-bond acceptors (Lipinski definition) is 4. The molecule has 0 radical (unpaired) electrons. The van der Waals surface area contributed by atoms with Crippen LogP contribution in [0.4, 0.5) is 0 Å². The third-order valence-electron chi connectivity index (χ3n) is 4.24. The van der Waals surface area contributed by atoms with Gasteiger partial charge in [-0.3, -0.25) is 4.79 Å². The second-order valence-electron chi connectivity index (χ2n) is 5.61. The van der Waals surface area contributed by atoms with Crippen molar-refractivity contribution < 1.29 is 9.53 Å². The molecular formula is C20H15N3O2. The van der Waals surface area contributed by atoms with Gasteiger partial charge in [0.2, 0.25) is 5.91 Å². The number of ether oxygens (including phenoxy) is 1. The zero-order valence-electron chi connectivity index (χ0n) is 13.6. The first kappa shape index (κ1) is 16.3. The highest BCUT2D eigenvalue weighted by atomic mass is 16.5. The van der Waals surface area contributed by atoms with Crippen molar-refractivity contribution in [2.75, 3.05) is 7.11 Å². The highest BCUT2D eigenvalue weighted by Gasteiger charge is 2.39. The molecule has 5 heteroatoms. The van der Waals surface area contributed by atoms with Crippen LogP contribution >= 0.6 is 0 Å². The average molecular weight is 329 g/mol. The summed E-state index contributed by atoms with van der Waals surface area (Å²) in [4.78, 5) is 12.5. The number of nitrogens with zero attached hydrogens (tertiary/aromatic N) is 2. The summed E-state index contributed by atoms with van der Waals surface area (Å²) in [7, 11) is 1.56. The van der Waals surface area contributed by atoms with E-state index in [1.165, 1.54) is 0 Å². The number of hydrogen-bond donors (Lipinski definition) is 1. The lowest BCUT2D eigenvalue weighted by Gasteiger charge is -2.29. The fourth-order valence-electron chi connectivity index (χ4n) is 3.00. The van der Waals surface area contributed by atoms with Crippen molar-refractivity contribution in [1.82, 2.24) is 5.32 Å². The van der Waals surface area contributed by atoms with Gasteiger partial charge in [0, 0.05) is 5.92 Å². The first-order valence-electron chi connectivity index (χ1n) is 7.73. The van der Waals surface area contributed by atoms with E-state index in [1.54, 1.807) is 31.4 Å². The quantitative estimate of drug-likeness (QED) is 0.938. The van der Waals surface area contributed by atoms with Gasteiger partial charge in [-0.1, -0.05) is 42.5 Å². The molecule has 0 bridgehead atoms. The van der Waals surface area contributed by atoms with Crippen LogP contribution in [0.25, 0.3) is 5.70 Å². The Morgan fingerprint density at radius 1 is 1.04 bits per heavy atom. The Labute approximate surface area is 145 Å². The van der Waals surface area contributed by atoms with Crippen molar-refractivity contribution in [3.63, 3.8) is 0 Å². The number of amides is 1. The monoisotopic (exact) mass is 329 g/mol. The maximum atomic E-state index is 12.5. The van der Waals surface area contributed by atoms with Crippen LogP contribution < -0.4 is 10.1 Å². The van der Waals surface area contributed by atoms with Gasteiger partial charge >= 0.3 is 0 Å². The maximum absolute atomic E-state index is 12.5. The normalized spacial score (nSPS) is 19.6. The molecule has 0 aromatic heterocycles. The zero-order chi connectivity index (χ0) is 17.8. The highest BCUT2D eigenvalue weighted by molar-refractivity contribution is 5.96. The highest BCUT2D eigenvalue weighted by Crippen LogP contribution is 2.39. The standard InChI is InChI=1S/C20H15N3O2/c1-25-15-9-7-13(8-10-15)18-16(11-21)19(14-5-3-2-4-6-14)23-20(24)17(18)12-22/h2-10,17-18H,1H3,(H,23,24). The van der Waals surface area contributed by atoms with Gasteiger partial charge in [-0.15, -0.1) is 0 Å². The van der Waals surface area contributed by atoms with Gasteiger partial charge < -0.3 is 10.1 Å².